The molecule has 2 aromatic rings. The number of benzene rings is 2. The normalized spacial score (nSPS) is 19.2. The average molecular weight is 302 g/mol. The van der Waals surface area contributed by atoms with Crippen molar-refractivity contribution in [2.45, 2.75) is 13.0 Å². The SMILES string of the molecule is CC1CSCCN1c1ccc(C(N)=S)c2ccccc12. The Hall–Kier alpha value is -1.26. The van der Waals surface area contributed by atoms with Crippen LogP contribution in [0.2, 0.25) is 0 Å². The van der Waals surface area contributed by atoms with Gasteiger partial charge < -0.3 is 10.6 Å². The lowest BCUT2D eigenvalue weighted by Crippen LogP contribution is -2.40. The second kappa shape index (κ2) is 5.62. The molecule has 2 N–H and O–H groups in total. The monoisotopic (exact) mass is 302 g/mol. The lowest BCUT2D eigenvalue weighted by atomic mass is 10.0. The molecule has 3 rings (SSSR count). The molecule has 104 valence electrons. The molecule has 1 aliphatic heterocycles. The summed E-state index contributed by atoms with van der Waals surface area (Å²) in [4.78, 5) is 2.97. The van der Waals surface area contributed by atoms with Gasteiger partial charge in [-0.05, 0) is 24.4 Å². The van der Waals surface area contributed by atoms with Gasteiger partial charge in [-0.25, -0.2) is 0 Å². The highest BCUT2D eigenvalue weighted by molar-refractivity contribution is 7.99. The van der Waals surface area contributed by atoms with Crippen LogP contribution >= 0.6 is 24.0 Å². The fourth-order valence-electron chi connectivity index (χ4n) is 2.83. The van der Waals surface area contributed by atoms with Gasteiger partial charge in [0.25, 0.3) is 0 Å². The highest BCUT2D eigenvalue weighted by atomic mass is 32.2. The standard InChI is InChI=1S/C16H18N2S2/c1-11-10-20-9-8-18(11)15-7-6-14(16(17)19)12-4-2-3-5-13(12)15/h2-7,11H,8-10H2,1H3,(H2,17,19). The summed E-state index contributed by atoms with van der Waals surface area (Å²) in [5.74, 6) is 2.38. The van der Waals surface area contributed by atoms with Crippen molar-refractivity contribution in [2.75, 3.05) is 23.0 Å². The Morgan fingerprint density at radius 3 is 2.70 bits per heavy atom. The quantitative estimate of drug-likeness (QED) is 0.861. The number of thiocarbonyl (C=S) groups is 1. The second-order valence-electron chi connectivity index (χ2n) is 5.16. The molecule has 1 heterocycles. The first-order chi connectivity index (χ1) is 9.68. The van der Waals surface area contributed by atoms with Gasteiger partial charge in [0.2, 0.25) is 0 Å². The summed E-state index contributed by atoms with van der Waals surface area (Å²) in [7, 11) is 0. The van der Waals surface area contributed by atoms with Crippen LogP contribution < -0.4 is 10.6 Å². The Morgan fingerprint density at radius 2 is 2.00 bits per heavy atom. The number of nitrogens with zero attached hydrogens (tertiary/aromatic N) is 1. The number of anilines is 1. The first kappa shape index (κ1) is 13.7. The van der Waals surface area contributed by atoms with Gasteiger partial charge in [-0.1, -0.05) is 36.5 Å². The van der Waals surface area contributed by atoms with Crippen molar-refractivity contribution in [3.63, 3.8) is 0 Å². The molecule has 1 unspecified atom stereocenters. The highest BCUT2D eigenvalue weighted by Gasteiger charge is 2.21. The first-order valence-corrected chi connectivity index (χ1v) is 8.40. The number of hydrogen-bond donors (Lipinski definition) is 1. The van der Waals surface area contributed by atoms with Crippen molar-refractivity contribution in [2.24, 2.45) is 5.73 Å². The maximum absolute atomic E-state index is 5.85. The molecule has 1 aliphatic rings. The van der Waals surface area contributed by atoms with Crippen LogP contribution in [0.25, 0.3) is 10.8 Å². The van der Waals surface area contributed by atoms with E-state index in [9.17, 15) is 0 Å². The topological polar surface area (TPSA) is 29.3 Å². The molecule has 2 aromatic carbocycles. The summed E-state index contributed by atoms with van der Waals surface area (Å²) < 4.78 is 0. The fourth-order valence-corrected chi connectivity index (χ4v) is 4.03. The molecule has 0 saturated carbocycles. The number of fused-ring (bicyclic) bond motifs is 1. The molecule has 1 atom stereocenters. The zero-order valence-electron chi connectivity index (χ0n) is 11.5. The van der Waals surface area contributed by atoms with Gasteiger partial charge in [0.15, 0.2) is 0 Å². The molecule has 0 aromatic heterocycles. The van der Waals surface area contributed by atoms with Crippen LogP contribution in [0.1, 0.15) is 12.5 Å². The molecule has 0 bridgehead atoms. The van der Waals surface area contributed by atoms with Crippen LogP contribution in [0.4, 0.5) is 5.69 Å². The van der Waals surface area contributed by atoms with Crippen LogP contribution in [0.15, 0.2) is 36.4 Å². The summed E-state index contributed by atoms with van der Waals surface area (Å²) >= 11 is 7.21. The van der Waals surface area contributed by atoms with Gasteiger partial charge >= 0.3 is 0 Å². The summed E-state index contributed by atoms with van der Waals surface area (Å²) in [6.45, 7) is 3.39. The van der Waals surface area contributed by atoms with E-state index in [1.54, 1.807) is 0 Å². The van der Waals surface area contributed by atoms with E-state index in [1.165, 1.54) is 22.6 Å². The van der Waals surface area contributed by atoms with E-state index in [-0.39, 0.29) is 0 Å². The Morgan fingerprint density at radius 1 is 1.25 bits per heavy atom. The summed E-state index contributed by atoms with van der Waals surface area (Å²) in [5, 5.41) is 2.40. The molecule has 2 nitrogen and oxygen atoms in total. The minimum atomic E-state index is 0.468. The predicted octanol–water partition coefficient (Wildman–Crippen LogP) is 3.42. The summed E-state index contributed by atoms with van der Waals surface area (Å²) in [6.07, 6.45) is 0. The van der Waals surface area contributed by atoms with Crippen molar-refractivity contribution in [3.8, 4) is 0 Å². The number of hydrogen-bond acceptors (Lipinski definition) is 3. The first-order valence-electron chi connectivity index (χ1n) is 6.84. The van der Waals surface area contributed by atoms with Crippen molar-refractivity contribution >= 4 is 45.4 Å². The van der Waals surface area contributed by atoms with Gasteiger partial charge in [0, 0.05) is 40.7 Å². The lowest BCUT2D eigenvalue weighted by molar-refractivity contribution is 0.702. The molecule has 0 spiro atoms. The van der Waals surface area contributed by atoms with E-state index in [4.69, 9.17) is 18.0 Å². The minimum Gasteiger partial charge on any atom is -0.389 e. The average Bonchev–Trinajstić information content (AvgIpc) is 2.46. The van der Waals surface area contributed by atoms with Crippen LogP contribution in [0.3, 0.4) is 0 Å². The predicted molar refractivity (Wildman–Crippen MR) is 94.0 cm³/mol. The Bertz CT molecular complexity index is 654. The third kappa shape index (κ3) is 2.38. The van der Waals surface area contributed by atoms with Crippen molar-refractivity contribution in [1.82, 2.24) is 0 Å². The van der Waals surface area contributed by atoms with Gasteiger partial charge in [-0.15, -0.1) is 0 Å². The number of nitrogens with two attached hydrogens (primary N) is 1. The summed E-state index contributed by atoms with van der Waals surface area (Å²) in [5.41, 5.74) is 8.12. The van der Waals surface area contributed by atoms with E-state index in [0.29, 0.717) is 11.0 Å². The molecule has 4 heteroatoms. The Labute approximate surface area is 129 Å². The van der Waals surface area contributed by atoms with Gasteiger partial charge in [0.05, 0.1) is 0 Å². The second-order valence-corrected chi connectivity index (χ2v) is 6.75. The van der Waals surface area contributed by atoms with Gasteiger partial charge in [0.1, 0.15) is 4.99 Å². The van der Waals surface area contributed by atoms with Gasteiger partial charge in [-0.3, -0.25) is 0 Å². The zero-order chi connectivity index (χ0) is 14.1. The number of rotatable bonds is 2. The van der Waals surface area contributed by atoms with E-state index in [2.05, 4.69) is 42.2 Å². The molecule has 0 amide bonds. The molecule has 1 saturated heterocycles. The number of thioether (sulfide) groups is 1. The van der Waals surface area contributed by atoms with E-state index in [0.717, 1.165) is 17.5 Å². The maximum atomic E-state index is 5.85. The van der Waals surface area contributed by atoms with Crippen LogP contribution in [0, 0.1) is 0 Å². The molecular weight excluding hydrogens is 284 g/mol. The molecule has 20 heavy (non-hydrogen) atoms. The minimum absolute atomic E-state index is 0.468. The van der Waals surface area contributed by atoms with E-state index >= 15 is 0 Å². The van der Waals surface area contributed by atoms with Gasteiger partial charge in [-0.2, -0.15) is 11.8 Å². The van der Waals surface area contributed by atoms with Crippen molar-refractivity contribution < 1.29 is 0 Å². The highest BCUT2D eigenvalue weighted by Crippen LogP contribution is 2.32. The smallest absolute Gasteiger partial charge is 0.104 e. The largest absolute Gasteiger partial charge is 0.389 e. The third-order valence-corrected chi connectivity index (χ3v) is 5.25. The van der Waals surface area contributed by atoms with Crippen LogP contribution in [-0.2, 0) is 0 Å². The van der Waals surface area contributed by atoms with Crippen LogP contribution in [0.5, 0.6) is 0 Å². The Kier molecular flexibility index (Phi) is 3.85. The summed E-state index contributed by atoms with van der Waals surface area (Å²) in [6, 6.07) is 13.2. The molecule has 1 fully saturated rings. The third-order valence-electron chi connectivity index (χ3n) is 3.84. The Balaban J connectivity index is 2.17. The molecule has 0 radical (unpaired) electrons. The van der Waals surface area contributed by atoms with E-state index in [1.807, 2.05) is 17.8 Å². The van der Waals surface area contributed by atoms with Crippen molar-refractivity contribution in [3.05, 3.63) is 42.0 Å². The maximum Gasteiger partial charge on any atom is 0.104 e. The molecule has 0 aliphatic carbocycles. The van der Waals surface area contributed by atoms with Crippen molar-refractivity contribution in [1.29, 1.82) is 0 Å². The zero-order valence-corrected chi connectivity index (χ0v) is 13.1. The fraction of sp³-hybridized carbons (Fsp3) is 0.312. The van der Waals surface area contributed by atoms with Crippen LogP contribution in [-0.4, -0.2) is 29.1 Å². The van der Waals surface area contributed by atoms with E-state index < -0.39 is 0 Å². The molecular formula is C16H18N2S2. The lowest BCUT2D eigenvalue weighted by Gasteiger charge is -2.36.